The second-order valence-corrected chi connectivity index (χ2v) is 8.66. The van der Waals surface area contributed by atoms with Gasteiger partial charge in [-0.3, -0.25) is 4.79 Å². The number of aromatic hydroxyl groups is 1. The lowest BCUT2D eigenvalue weighted by Gasteiger charge is -2.17. The van der Waals surface area contributed by atoms with E-state index in [0.29, 0.717) is 12.2 Å². The maximum absolute atomic E-state index is 12.5. The molecule has 0 aliphatic heterocycles. The lowest BCUT2D eigenvalue weighted by molar-refractivity contribution is -0.145. The summed E-state index contributed by atoms with van der Waals surface area (Å²) in [5.41, 5.74) is 0.702. The Labute approximate surface area is 185 Å². The van der Waals surface area contributed by atoms with Crippen LogP contribution >= 0.6 is 0 Å². The molecule has 0 bridgehead atoms. The van der Waals surface area contributed by atoms with E-state index in [1.54, 1.807) is 12.1 Å². The number of phenolic OH excluding ortho intramolecular Hbond substituents is 1. The number of carbonyl (C=O) groups excluding carboxylic acids is 1. The summed E-state index contributed by atoms with van der Waals surface area (Å²) in [7, 11) is 0. The van der Waals surface area contributed by atoms with Crippen LogP contribution in [0.5, 0.6) is 5.75 Å². The van der Waals surface area contributed by atoms with Crippen molar-refractivity contribution in [3.63, 3.8) is 0 Å². The molecule has 1 rings (SSSR count). The van der Waals surface area contributed by atoms with Gasteiger partial charge in [0.05, 0.1) is 12.5 Å². The van der Waals surface area contributed by atoms with Crippen molar-refractivity contribution in [1.29, 1.82) is 0 Å². The van der Waals surface area contributed by atoms with Crippen molar-refractivity contribution >= 4 is 5.97 Å². The Bertz CT molecular complexity index is 541. The van der Waals surface area contributed by atoms with Crippen LogP contribution in [0, 0.1) is 0 Å². The highest BCUT2D eigenvalue weighted by atomic mass is 16.5. The molecule has 172 valence electrons. The molecule has 0 heterocycles. The molecule has 0 aliphatic rings. The van der Waals surface area contributed by atoms with Gasteiger partial charge in [-0.2, -0.15) is 0 Å². The van der Waals surface area contributed by atoms with Gasteiger partial charge in [-0.25, -0.2) is 0 Å². The smallest absolute Gasteiger partial charge is 0.313 e. The third-order valence-corrected chi connectivity index (χ3v) is 5.89. The molecule has 0 saturated heterocycles. The number of ether oxygens (including phenoxy) is 1. The predicted molar refractivity (Wildman–Crippen MR) is 127 cm³/mol. The molecule has 0 aliphatic carbocycles. The van der Waals surface area contributed by atoms with Crippen LogP contribution < -0.4 is 0 Å². The standard InChI is InChI=1S/C27H46O3/c1-3-5-6-7-8-9-10-11-12-13-14-15-16-17-21-25(27(29)30-23-4-2)24-20-18-19-22-26(24)28/h18-20,22,25,28H,3-17,21,23H2,1-2H3. The molecule has 3 heteroatoms. The average Bonchev–Trinajstić information content (AvgIpc) is 2.75. The van der Waals surface area contributed by atoms with Gasteiger partial charge in [0.15, 0.2) is 0 Å². The zero-order chi connectivity index (χ0) is 21.9. The summed E-state index contributed by atoms with van der Waals surface area (Å²) in [6.07, 6.45) is 20.1. The molecule has 1 atom stereocenters. The highest BCUT2D eigenvalue weighted by Gasteiger charge is 2.24. The van der Waals surface area contributed by atoms with Gasteiger partial charge < -0.3 is 9.84 Å². The monoisotopic (exact) mass is 418 g/mol. The zero-order valence-electron chi connectivity index (χ0n) is 19.7. The van der Waals surface area contributed by atoms with E-state index in [9.17, 15) is 9.90 Å². The molecule has 1 unspecified atom stereocenters. The van der Waals surface area contributed by atoms with Crippen molar-refractivity contribution in [2.45, 2.75) is 122 Å². The van der Waals surface area contributed by atoms with Gasteiger partial charge in [0.25, 0.3) is 0 Å². The van der Waals surface area contributed by atoms with Crippen LogP contribution in [0.2, 0.25) is 0 Å². The first-order chi connectivity index (χ1) is 14.7. The van der Waals surface area contributed by atoms with Crippen LogP contribution in [0.4, 0.5) is 0 Å². The van der Waals surface area contributed by atoms with E-state index < -0.39 is 0 Å². The van der Waals surface area contributed by atoms with E-state index in [1.165, 1.54) is 77.0 Å². The fourth-order valence-corrected chi connectivity index (χ4v) is 4.03. The summed E-state index contributed by atoms with van der Waals surface area (Å²) in [6, 6.07) is 7.16. The second kappa shape index (κ2) is 18.3. The van der Waals surface area contributed by atoms with E-state index in [1.807, 2.05) is 19.1 Å². The SMILES string of the molecule is CCCCCCCCCCCCCCCCC(C(=O)OCCC)c1ccccc1O. The first kappa shape index (κ1) is 26.5. The number of unbranched alkanes of at least 4 members (excludes halogenated alkanes) is 13. The summed E-state index contributed by atoms with van der Waals surface area (Å²) < 4.78 is 5.38. The van der Waals surface area contributed by atoms with E-state index in [0.717, 1.165) is 25.7 Å². The molecule has 1 aromatic carbocycles. The predicted octanol–water partition coefficient (Wildman–Crippen LogP) is 8.30. The zero-order valence-corrected chi connectivity index (χ0v) is 19.7. The van der Waals surface area contributed by atoms with E-state index in [-0.39, 0.29) is 17.6 Å². The van der Waals surface area contributed by atoms with Gasteiger partial charge in [0, 0.05) is 5.56 Å². The van der Waals surface area contributed by atoms with Crippen molar-refractivity contribution in [1.82, 2.24) is 0 Å². The molecule has 0 saturated carbocycles. The van der Waals surface area contributed by atoms with Crippen molar-refractivity contribution in [3.8, 4) is 5.75 Å². The van der Waals surface area contributed by atoms with Gasteiger partial charge in [0.2, 0.25) is 0 Å². The molecule has 0 radical (unpaired) electrons. The molecule has 0 amide bonds. The maximum atomic E-state index is 12.5. The van der Waals surface area contributed by atoms with Crippen LogP contribution in [0.15, 0.2) is 24.3 Å². The van der Waals surface area contributed by atoms with Crippen LogP contribution in [-0.2, 0) is 9.53 Å². The average molecular weight is 419 g/mol. The Morgan fingerprint density at radius 1 is 0.767 bits per heavy atom. The quantitative estimate of drug-likeness (QED) is 0.181. The number of phenols is 1. The Morgan fingerprint density at radius 3 is 1.77 bits per heavy atom. The minimum absolute atomic E-state index is 0.196. The molecular weight excluding hydrogens is 372 g/mol. The molecule has 1 N–H and O–H groups in total. The van der Waals surface area contributed by atoms with Crippen LogP contribution in [0.25, 0.3) is 0 Å². The normalized spacial score (nSPS) is 12.1. The van der Waals surface area contributed by atoms with Gasteiger partial charge in [-0.1, -0.05) is 122 Å². The van der Waals surface area contributed by atoms with Crippen LogP contribution in [-0.4, -0.2) is 17.7 Å². The Kier molecular flexibility index (Phi) is 16.2. The summed E-state index contributed by atoms with van der Waals surface area (Å²) >= 11 is 0. The van der Waals surface area contributed by atoms with E-state index in [4.69, 9.17) is 4.74 Å². The number of hydrogen-bond acceptors (Lipinski definition) is 3. The highest BCUT2D eigenvalue weighted by Crippen LogP contribution is 2.31. The maximum Gasteiger partial charge on any atom is 0.313 e. The molecule has 0 aromatic heterocycles. The first-order valence-corrected chi connectivity index (χ1v) is 12.6. The topological polar surface area (TPSA) is 46.5 Å². The van der Waals surface area contributed by atoms with Crippen LogP contribution in [0.1, 0.15) is 128 Å². The third-order valence-electron chi connectivity index (χ3n) is 5.89. The van der Waals surface area contributed by atoms with Gasteiger partial charge in [-0.05, 0) is 18.9 Å². The number of esters is 1. The summed E-state index contributed by atoms with van der Waals surface area (Å²) in [4.78, 5) is 12.5. The molecule has 30 heavy (non-hydrogen) atoms. The molecule has 3 nitrogen and oxygen atoms in total. The summed E-state index contributed by atoms with van der Waals surface area (Å²) in [5.74, 6) is -0.357. The fourth-order valence-electron chi connectivity index (χ4n) is 4.03. The summed E-state index contributed by atoms with van der Waals surface area (Å²) in [6.45, 7) is 4.71. The number of benzene rings is 1. The van der Waals surface area contributed by atoms with Gasteiger partial charge >= 0.3 is 5.97 Å². The van der Waals surface area contributed by atoms with Gasteiger partial charge in [0.1, 0.15) is 5.75 Å². The molecular formula is C27H46O3. The molecule has 1 aromatic rings. The number of hydrogen-bond donors (Lipinski definition) is 1. The summed E-state index contributed by atoms with van der Waals surface area (Å²) in [5, 5.41) is 10.2. The van der Waals surface area contributed by atoms with Crippen molar-refractivity contribution in [2.75, 3.05) is 6.61 Å². The van der Waals surface area contributed by atoms with Crippen molar-refractivity contribution in [3.05, 3.63) is 29.8 Å². The largest absolute Gasteiger partial charge is 0.508 e. The van der Waals surface area contributed by atoms with E-state index >= 15 is 0 Å². The number of rotatable bonds is 19. The minimum Gasteiger partial charge on any atom is -0.508 e. The number of carbonyl (C=O) groups is 1. The molecule has 0 fully saturated rings. The highest BCUT2D eigenvalue weighted by molar-refractivity contribution is 5.79. The Morgan fingerprint density at radius 2 is 1.27 bits per heavy atom. The Balaban J connectivity index is 2.14. The first-order valence-electron chi connectivity index (χ1n) is 12.6. The lowest BCUT2D eigenvalue weighted by atomic mass is 9.92. The minimum atomic E-state index is -0.352. The Hall–Kier alpha value is -1.51. The van der Waals surface area contributed by atoms with Crippen LogP contribution in [0.3, 0.4) is 0 Å². The van der Waals surface area contributed by atoms with Crippen molar-refractivity contribution in [2.24, 2.45) is 0 Å². The fraction of sp³-hybridized carbons (Fsp3) is 0.741. The third kappa shape index (κ3) is 12.2. The van der Waals surface area contributed by atoms with E-state index in [2.05, 4.69) is 6.92 Å². The second-order valence-electron chi connectivity index (χ2n) is 8.66. The van der Waals surface area contributed by atoms with Gasteiger partial charge in [-0.15, -0.1) is 0 Å². The molecule has 0 spiro atoms. The van der Waals surface area contributed by atoms with Crippen molar-refractivity contribution < 1.29 is 14.6 Å². The number of para-hydroxylation sites is 1. The lowest BCUT2D eigenvalue weighted by Crippen LogP contribution is -2.17.